The molecule has 0 N–H and O–H groups in total. The van der Waals surface area contributed by atoms with Gasteiger partial charge in [0.25, 0.3) is 5.91 Å². The summed E-state index contributed by atoms with van der Waals surface area (Å²) >= 11 is 1.66. The Hall–Kier alpha value is -1.59. The minimum atomic E-state index is 0.0637. The third-order valence-corrected chi connectivity index (χ3v) is 4.90. The zero-order chi connectivity index (χ0) is 15.5. The summed E-state index contributed by atoms with van der Waals surface area (Å²) in [6, 6.07) is 5.73. The smallest absolute Gasteiger partial charge is 0.255 e. The number of rotatable bonds is 5. The molecule has 2 aromatic rings. The number of amides is 1. The van der Waals surface area contributed by atoms with Gasteiger partial charge in [-0.05, 0) is 44.9 Å². The van der Waals surface area contributed by atoms with Crippen molar-refractivity contribution in [3.63, 3.8) is 0 Å². The maximum absolute atomic E-state index is 12.9. The molecule has 1 saturated heterocycles. The van der Waals surface area contributed by atoms with Gasteiger partial charge >= 0.3 is 0 Å². The summed E-state index contributed by atoms with van der Waals surface area (Å²) in [5.74, 6) is 0.865. The van der Waals surface area contributed by atoms with E-state index in [1.165, 1.54) is 0 Å². The van der Waals surface area contributed by atoms with Crippen LogP contribution in [0.1, 0.15) is 38.7 Å². The van der Waals surface area contributed by atoms with Gasteiger partial charge in [-0.25, -0.2) is 0 Å². The molecule has 0 spiro atoms. The molecule has 2 aromatic heterocycles. The number of hydrogen-bond donors (Lipinski definition) is 0. The van der Waals surface area contributed by atoms with Gasteiger partial charge in [0, 0.05) is 22.9 Å². The lowest BCUT2D eigenvalue weighted by Gasteiger charge is -2.24. The number of hydrogen-bond acceptors (Lipinski definition) is 4. The zero-order valence-electron chi connectivity index (χ0n) is 13.0. The second-order valence-corrected chi connectivity index (χ2v) is 7.19. The topological polar surface area (TPSA) is 42.7 Å². The van der Waals surface area contributed by atoms with Crippen molar-refractivity contribution in [2.75, 3.05) is 13.2 Å². The van der Waals surface area contributed by atoms with Crippen molar-refractivity contribution in [2.45, 2.75) is 39.3 Å². The average molecular weight is 319 g/mol. The fourth-order valence-electron chi connectivity index (χ4n) is 2.86. The molecule has 0 saturated carbocycles. The fourth-order valence-corrected chi connectivity index (χ4v) is 3.77. The highest BCUT2D eigenvalue weighted by molar-refractivity contribution is 7.12. The van der Waals surface area contributed by atoms with E-state index in [1.54, 1.807) is 17.6 Å². The molecule has 0 aliphatic carbocycles. The van der Waals surface area contributed by atoms with Gasteiger partial charge in [0.15, 0.2) is 0 Å². The Morgan fingerprint density at radius 3 is 2.91 bits per heavy atom. The predicted molar refractivity (Wildman–Crippen MR) is 86.2 cm³/mol. The average Bonchev–Trinajstić information content (AvgIpc) is 3.20. The summed E-state index contributed by atoms with van der Waals surface area (Å²) in [6.07, 6.45) is 3.87. The predicted octanol–water partition coefficient (Wildman–Crippen LogP) is 3.78. The first kappa shape index (κ1) is 15.3. The first-order chi connectivity index (χ1) is 10.6. The Labute approximate surface area is 134 Å². The maximum Gasteiger partial charge on any atom is 0.255 e. The second kappa shape index (κ2) is 6.67. The van der Waals surface area contributed by atoms with E-state index < -0.39 is 0 Å². The largest absolute Gasteiger partial charge is 0.467 e. The summed E-state index contributed by atoms with van der Waals surface area (Å²) in [5.41, 5.74) is 0.798. The van der Waals surface area contributed by atoms with Crippen LogP contribution in [-0.4, -0.2) is 30.1 Å². The van der Waals surface area contributed by atoms with Crippen LogP contribution >= 0.6 is 11.3 Å². The van der Waals surface area contributed by atoms with Gasteiger partial charge in [-0.3, -0.25) is 4.79 Å². The molecule has 0 radical (unpaired) electrons. The van der Waals surface area contributed by atoms with Gasteiger partial charge in [0.05, 0.1) is 24.5 Å². The van der Waals surface area contributed by atoms with E-state index in [0.717, 1.165) is 40.5 Å². The standard InChI is InChI=1S/C17H21NO3S/c1-12-9-16(13(2)22-12)17(19)18(10-14-5-3-7-20-14)11-15-6-4-8-21-15/h3,5,7,9,15H,4,6,8,10-11H2,1-2H3. The summed E-state index contributed by atoms with van der Waals surface area (Å²) in [5, 5.41) is 0. The van der Waals surface area contributed by atoms with Crippen molar-refractivity contribution in [2.24, 2.45) is 0 Å². The van der Waals surface area contributed by atoms with Crippen LogP contribution in [0.2, 0.25) is 0 Å². The second-order valence-electron chi connectivity index (χ2n) is 5.73. The summed E-state index contributed by atoms with van der Waals surface area (Å²) in [7, 11) is 0. The maximum atomic E-state index is 12.9. The number of aryl methyl sites for hydroxylation is 2. The van der Waals surface area contributed by atoms with E-state index in [2.05, 4.69) is 0 Å². The molecule has 1 aliphatic rings. The molecule has 22 heavy (non-hydrogen) atoms. The van der Waals surface area contributed by atoms with E-state index in [1.807, 2.05) is 36.9 Å². The van der Waals surface area contributed by atoms with E-state index in [0.29, 0.717) is 13.1 Å². The molecular formula is C17H21NO3S. The van der Waals surface area contributed by atoms with E-state index in [4.69, 9.17) is 9.15 Å². The van der Waals surface area contributed by atoms with Gasteiger partial charge in [0.2, 0.25) is 0 Å². The lowest BCUT2D eigenvalue weighted by Crippen LogP contribution is -2.37. The van der Waals surface area contributed by atoms with E-state index in [9.17, 15) is 4.79 Å². The molecule has 0 aromatic carbocycles. The lowest BCUT2D eigenvalue weighted by molar-refractivity contribution is 0.0491. The van der Waals surface area contributed by atoms with Crippen molar-refractivity contribution in [3.05, 3.63) is 45.5 Å². The third-order valence-electron chi connectivity index (χ3n) is 3.93. The molecule has 1 atom stereocenters. The first-order valence-electron chi connectivity index (χ1n) is 7.64. The Morgan fingerprint density at radius 1 is 1.45 bits per heavy atom. The SMILES string of the molecule is Cc1cc(C(=O)N(Cc2ccco2)CC2CCCO2)c(C)s1. The van der Waals surface area contributed by atoms with Gasteiger partial charge in [-0.15, -0.1) is 11.3 Å². The number of carbonyl (C=O) groups excluding carboxylic acids is 1. The third kappa shape index (κ3) is 3.42. The number of thiophene rings is 1. The van der Waals surface area contributed by atoms with E-state index >= 15 is 0 Å². The van der Waals surface area contributed by atoms with Crippen molar-refractivity contribution < 1.29 is 13.9 Å². The lowest BCUT2D eigenvalue weighted by atomic mass is 10.1. The van der Waals surface area contributed by atoms with Crippen molar-refractivity contribution in [1.82, 2.24) is 4.90 Å². The highest BCUT2D eigenvalue weighted by Crippen LogP contribution is 2.24. The first-order valence-corrected chi connectivity index (χ1v) is 8.45. The van der Waals surface area contributed by atoms with Crippen LogP contribution < -0.4 is 0 Å². The molecule has 1 fully saturated rings. The zero-order valence-corrected chi connectivity index (χ0v) is 13.8. The number of carbonyl (C=O) groups is 1. The summed E-state index contributed by atoms with van der Waals surface area (Å²) in [6.45, 7) is 5.94. The monoisotopic (exact) mass is 319 g/mol. The normalized spacial score (nSPS) is 17.8. The Bertz CT molecular complexity index is 626. The van der Waals surface area contributed by atoms with Gasteiger partial charge in [-0.1, -0.05) is 0 Å². The summed E-state index contributed by atoms with van der Waals surface area (Å²) in [4.78, 5) is 17.0. The fraction of sp³-hybridized carbons (Fsp3) is 0.471. The number of nitrogens with zero attached hydrogens (tertiary/aromatic N) is 1. The summed E-state index contributed by atoms with van der Waals surface area (Å²) < 4.78 is 11.1. The van der Waals surface area contributed by atoms with Crippen LogP contribution in [0.4, 0.5) is 0 Å². The van der Waals surface area contributed by atoms with Crippen molar-refractivity contribution in [1.29, 1.82) is 0 Å². The molecule has 5 heteroatoms. The van der Waals surface area contributed by atoms with Gasteiger partial charge in [0.1, 0.15) is 5.76 Å². The Morgan fingerprint density at radius 2 is 2.32 bits per heavy atom. The Kier molecular flexibility index (Phi) is 4.64. The van der Waals surface area contributed by atoms with E-state index in [-0.39, 0.29) is 12.0 Å². The number of furan rings is 1. The molecule has 3 rings (SSSR count). The highest BCUT2D eigenvalue weighted by atomic mass is 32.1. The quantitative estimate of drug-likeness (QED) is 0.842. The van der Waals surface area contributed by atoms with Crippen LogP contribution in [-0.2, 0) is 11.3 Å². The molecule has 3 heterocycles. The molecule has 4 nitrogen and oxygen atoms in total. The van der Waals surface area contributed by atoms with Crippen LogP contribution in [0.15, 0.2) is 28.9 Å². The van der Waals surface area contributed by atoms with Crippen molar-refractivity contribution >= 4 is 17.2 Å². The molecular weight excluding hydrogens is 298 g/mol. The van der Waals surface area contributed by atoms with Crippen LogP contribution in [0.5, 0.6) is 0 Å². The molecule has 118 valence electrons. The Balaban J connectivity index is 1.79. The molecule has 1 aliphatic heterocycles. The number of ether oxygens (including phenoxy) is 1. The minimum absolute atomic E-state index is 0.0637. The van der Waals surface area contributed by atoms with Crippen LogP contribution in [0.25, 0.3) is 0 Å². The van der Waals surface area contributed by atoms with Gasteiger partial charge < -0.3 is 14.1 Å². The molecule has 1 unspecified atom stereocenters. The van der Waals surface area contributed by atoms with Crippen LogP contribution in [0, 0.1) is 13.8 Å². The van der Waals surface area contributed by atoms with Gasteiger partial charge in [-0.2, -0.15) is 0 Å². The molecule has 1 amide bonds. The molecule has 0 bridgehead atoms. The van der Waals surface area contributed by atoms with Crippen LogP contribution in [0.3, 0.4) is 0 Å². The van der Waals surface area contributed by atoms with Crippen molar-refractivity contribution in [3.8, 4) is 0 Å². The highest BCUT2D eigenvalue weighted by Gasteiger charge is 2.25. The minimum Gasteiger partial charge on any atom is -0.467 e.